The summed E-state index contributed by atoms with van der Waals surface area (Å²) >= 11 is 6.09. The Labute approximate surface area is 187 Å². The molecule has 0 spiro atoms. The van der Waals surface area contributed by atoms with Crippen LogP contribution in [0.2, 0.25) is 5.02 Å². The first-order chi connectivity index (χ1) is 14.8. The summed E-state index contributed by atoms with van der Waals surface area (Å²) < 4.78 is 1.69. The number of anilines is 1. The topological polar surface area (TPSA) is 67.2 Å². The molecule has 1 atom stereocenters. The largest absolute Gasteiger partial charge is 0.347 e. The molecular weight excluding hydrogens is 412 g/mol. The molecule has 1 fully saturated rings. The van der Waals surface area contributed by atoms with Crippen molar-refractivity contribution in [2.75, 3.05) is 32.1 Å². The molecule has 3 heterocycles. The lowest BCUT2D eigenvalue weighted by Crippen LogP contribution is -2.39. The molecule has 0 unspecified atom stereocenters. The highest BCUT2D eigenvalue weighted by Crippen LogP contribution is 2.34. The van der Waals surface area contributed by atoms with E-state index in [4.69, 9.17) is 16.6 Å². The Morgan fingerprint density at radius 3 is 2.61 bits per heavy atom. The van der Waals surface area contributed by atoms with Crippen molar-refractivity contribution in [1.82, 2.24) is 24.6 Å². The van der Waals surface area contributed by atoms with Gasteiger partial charge in [0.1, 0.15) is 0 Å². The monoisotopic (exact) mass is 438 g/mol. The van der Waals surface area contributed by atoms with Crippen molar-refractivity contribution in [2.24, 2.45) is 7.05 Å². The predicted octanol–water partition coefficient (Wildman–Crippen LogP) is 3.92. The van der Waals surface area contributed by atoms with Crippen LogP contribution in [-0.4, -0.2) is 57.7 Å². The van der Waals surface area contributed by atoms with Gasteiger partial charge in [0.25, 0.3) is 5.91 Å². The molecule has 0 radical (unpaired) electrons. The van der Waals surface area contributed by atoms with E-state index in [-0.39, 0.29) is 11.8 Å². The maximum absolute atomic E-state index is 13.2. The molecule has 1 amide bonds. The van der Waals surface area contributed by atoms with Gasteiger partial charge in [-0.2, -0.15) is 5.10 Å². The maximum Gasteiger partial charge on any atom is 0.257 e. The molecular formula is C23H27ClN6O. The number of halogens is 1. The Hall–Kier alpha value is -2.93. The first-order valence-corrected chi connectivity index (χ1v) is 10.8. The molecule has 1 aliphatic rings. The van der Waals surface area contributed by atoms with E-state index in [1.54, 1.807) is 10.9 Å². The lowest BCUT2D eigenvalue weighted by atomic mass is 9.89. The van der Waals surface area contributed by atoms with Crippen molar-refractivity contribution in [1.29, 1.82) is 0 Å². The highest BCUT2D eigenvalue weighted by Gasteiger charge is 2.30. The minimum Gasteiger partial charge on any atom is -0.347 e. The smallest absolute Gasteiger partial charge is 0.257 e. The van der Waals surface area contributed by atoms with E-state index < -0.39 is 0 Å². The van der Waals surface area contributed by atoms with Gasteiger partial charge in [0.15, 0.2) is 0 Å². The van der Waals surface area contributed by atoms with E-state index in [0.29, 0.717) is 23.1 Å². The van der Waals surface area contributed by atoms with Crippen LogP contribution in [0.15, 0.2) is 36.7 Å². The van der Waals surface area contributed by atoms with Crippen molar-refractivity contribution in [3.8, 4) is 11.1 Å². The van der Waals surface area contributed by atoms with Gasteiger partial charge in [0.2, 0.25) is 5.95 Å². The summed E-state index contributed by atoms with van der Waals surface area (Å²) in [6.07, 6.45) is 5.58. The molecule has 4 rings (SSSR count). The average Bonchev–Trinajstić information content (AvgIpc) is 3.11. The lowest BCUT2D eigenvalue weighted by Gasteiger charge is -2.33. The van der Waals surface area contributed by atoms with Gasteiger partial charge in [-0.05, 0) is 37.5 Å². The highest BCUT2D eigenvalue weighted by atomic mass is 35.5. The molecule has 1 aliphatic heterocycles. The first-order valence-electron chi connectivity index (χ1n) is 10.4. The standard InChI is InChI=1S/C23H27ClN6O/c1-15-20(14-29(4)27-15)22(31)30-11-5-6-17(13-30)21-19(12-25-23(26-21)28(2)3)16-7-9-18(24)10-8-16/h7-10,12,14,17H,5-6,11,13H2,1-4H3/t17-/m0/s1. The van der Waals surface area contributed by atoms with E-state index in [2.05, 4.69) is 10.1 Å². The van der Waals surface area contributed by atoms with Crippen LogP contribution in [0.25, 0.3) is 11.1 Å². The van der Waals surface area contributed by atoms with Crippen LogP contribution in [0.4, 0.5) is 5.95 Å². The van der Waals surface area contributed by atoms with Gasteiger partial charge in [-0.25, -0.2) is 9.97 Å². The van der Waals surface area contributed by atoms with Gasteiger partial charge in [0.05, 0.1) is 17.0 Å². The van der Waals surface area contributed by atoms with E-state index in [0.717, 1.165) is 41.9 Å². The van der Waals surface area contributed by atoms with Crippen LogP contribution >= 0.6 is 11.6 Å². The number of likely N-dealkylation sites (tertiary alicyclic amines) is 1. The second-order valence-electron chi connectivity index (χ2n) is 8.26. The summed E-state index contributed by atoms with van der Waals surface area (Å²) in [4.78, 5) is 26.5. The zero-order valence-corrected chi connectivity index (χ0v) is 19.1. The minimum absolute atomic E-state index is 0.0326. The number of aromatic nitrogens is 4. The minimum atomic E-state index is 0.0326. The van der Waals surface area contributed by atoms with Gasteiger partial charge in [-0.1, -0.05) is 23.7 Å². The Kier molecular flexibility index (Phi) is 5.96. The van der Waals surface area contributed by atoms with Gasteiger partial charge < -0.3 is 9.80 Å². The number of carbonyl (C=O) groups excluding carboxylic acids is 1. The van der Waals surface area contributed by atoms with Crippen LogP contribution in [0, 0.1) is 6.92 Å². The summed E-state index contributed by atoms with van der Waals surface area (Å²) in [5.74, 6) is 0.826. The number of amides is 1. The van der Waals surface area contributed by atoms with E-state index in [1.165, 1.54) is 0 Å². The molecule has 3 aromatic rings. The second kappa shape index (κ2) is 8.67. The molecule has 0 saturated carbocycles. The van der Waals surface area contributed by atoms with Gasteiger partial charge in [-0.15, -0.1) is 0 Å². The van der Waals surface area contributed by atoms with Gasteiger partial charge in [-0.3, -0.25) is 9.48 Å². The van der Waals surface area contributed by atoms with Crippen LogP contribution < -0.4 is 4.90 Å². The zero-order chi connectivity index (χ0) is 22.1. The SMILES string of the molecule is Cc1nn(C)cc1C(=O)N1CCC[C@H](c2nc(N(C)C)ncc2-c2ccc(Cl)cc2)C1. The maximum atomic E-state index is 13.2. The summed E-state index contributed by atoms with van der Waals surface area (Å²) in [7, 11) is 5.71. The summed E-state index contributed by atoms with van der Waals surface area (Å²) in [5, 5.41) is 5.02. The fourth-order valence-electron chi connectivity index (χ4n) is 4.13. The van der Waals surface area contributed by atoms with E-state index in [1.807, 2.05) is 68.3 Å². The third kappa shape index (κ3) is 4.42. The summed E-state index contributed by atoms with van der Waals surface area (Å²) in [5.41, 5.74) is 4.41. The summed E-state index contributed by atoms with van der Waals surface area (Å²) in [6.45, 7) is 3.24. The number of nitrogens with zero attached hydrogens (tertiary/aromatic N) is 6. The van der Waals surface area contributed by atoms with Gasteiger partial charge >= 0.3 is 0 Å². The van der Waals surface area contributed by atoms with Crippen LogP contribution in [0.5, 0.6) is 0 Å². The molecule has 8 heteroatoms. The number of benzene rings is 1. The number of carbonyl (C=O) groups is 1. The molecule has 2 aromatic heterocycles. The third-order valence-electron chi connectivity index (χ3n) is 5.70. The molecule has 0 aliphatic carbocycles. The van der Waals surface area contributed by atoms with Crippen LogP contribution in [0.3, 0.4) is 0 Å². The van der Waals surface area contributed by atoms with E-state index in [9.17, 15) is 4.79 Å². The fraction of sp³-hybridized carbons (Fsp3) is 0.391. The highest BCUT2D eigenvalue weighted by molar-refractivity contribution is 6.30. The van der Waals surface area contributed by atoms with Crippen molar-refractivity contribution >= 4 is 23.5 Å². The normalized spacial score (nSPS) is 16.4. The molecule has 1 aromatic carbocycles. The lowest BCUT2D eigenvalue weighted by molar-refractivity contribution is 0.0705. The third-order valence-corrected chi connectivity index (χ3v) is 5.95. The van der Waals surface area contributed by atoms with Crippen molar-refractivity contribution < 1.29 is 4.79 Å². The Morgan fingerprint density at radius 2 is 1.97 bits per heavy atom. The van der Waals surface area contributed by atoms with Crippen LogP contribution in [-0.2, 0) is 7.05 Å². The van der Waals surface area contributed by atoms with Gasteiger partial charge in [0, 0.05) is 63.1 Å². The Morgan fingerprint density at radius 1 is 1.23 bits per heavy atom. The quantitative estimate of drug-likeness (QED) is 0.617. The average molecular weight is 439 g/mol. The number of hydrogen-bond acceptors (Lipinski definition) is 5. The van der Waals surface area contributed by atoms with Crippen molar-refractivity contribution in [2.45, 2.75) is 25.7 Å². The van der Waals surface area contributed by atoms with Crippen molar-refractivity contribution in [3.05, 3.63) is 58.6 Å². The second-order valence-corrected chi connectivity index (χ2v) is 8.70. The summed E-state index contributed by atoms with van der Waals surface area (Å²) in [6, 6.07) is 7.74. The molecule has 0 bridgehead atoms. The van der Waals surface area contributed by atoms with Crippen molar-refractivity contribution in [3.63, 3.8) is 0 Å². The zero-order valence-electron chi connectivity index (χ0n) is 18.3. The molecule has 0 N–H and O–H groups in total. The molecule has 7 nitrogen and oxygen atoms in total. The molecule has 162 valence electrons. The number of hydrogen-bond donors (Lipinski definition) is 0. The van der Waals surface area contributed by atoms with E-state index >= 15 is 0 Å². The molecule has 31 heavy (non-hydrogen) atoms. The fourth-order valence-corrected chi connectivity index (χ4v) is 4.25. The number of rotatable bonds is 4. The van der Waals surface area contributed by atoms with Crippen LogP contribution in [0.1, 0.15) is 40.5 Å². The number of piperidine rings is 1. The first kappa shape index (κ1) is 21.3. The Balaban J connectivity index is 1.68. The predicted molar refractivity (Wildman–Crippen MR) is 123 cm³/mol. The number of aryl methyl sites for hydroxylation is 2. The Bertz CT molecular complexity index is 1090. The molecule has 1 saturated heterocycles.